The summed E-state index contributed by atoms with van der Waals surface area (Å²) in [4.78, 5) is 45.0. The van der Waals surface area contributed by atoms with Crippen LogP contribution in [0.25, 0.3) is 22.1 Å². The van der Waals surface area contributed by atoms with Crippen molar-refractivity contribution in [2.24, 2.45) is 0 Å². The molecule has 0 atom stereocenters. The number of hydrogen-bond acceptors (Lipinski definition) is 10. The van der Waals surface area contributed by atoms with Crippen LogP contribution >= 0.6 is 23.1 Å². The maximum absolute atomic E-state index is 12.6. The summed E-state index contributed by atoms with van der Waals surface area (Å²) in [6, 6.07) is 5.56. The summed E-state index contributed by atoms with van der Waals surface area (Å²) < 4.78 is 10.4. The second kappa shape index (κ2) is 9.77. The zero-order chi connectivity index (χ0) is 24.4. The van der Waals surface area contributed by atoms with Crippen molar-refractivity contribution < 1.29 is 23.9 Å². The minimum absolute atomic E-state index is 0.0180. The van der Waals surface area contributed by atoms with Gasteiger partial charge in [0, 0.05) is 10.9 Å². The molecule has 4 aromatic rings. The van der Waals surface area contributed by atoms with Crippen molar-refractivity contribution in [1.29, 1.82) is 0 Å². The molecule has 0 aliphatic heterocycles. The van der Waals surface area contributed by atoms with E-state index in [-0.39, 0.29) is 34.6 Å². The molecule has 0 saturated heterocycles. The highest BCUT2D eigenvalue weighted by molar-refractivity contribution is 7.99. The summed E-state index contributed by atoms with van der Waals surface area (Å²) in [5.41, 5.74) is 2.69. The lowest BCUT2D eigenvalue weighted by Crippen LogP contribution is -2.16. The maximum Gasteiger partial charge on any atom is 0.341 e. The Balaban J connectivity index is 1.51. The van der Waals surface area contributed by atoms with Gasteiger partial charge in [0.25, 0.3) is 0 Å². The molecule has 0 radical (unpaired) electrons. The number of fused-ring (bicyclic) bond motifs is 3. The van der Waals surface area contributed by atoms with Crippen molar-refractivity contribution in [2.45, 2.75) is 25.9 Å². The number of nitrogens with zero attached hydrogens (tertiary/aromatic N) is 3. The van der Waals surface area contributed by atoms with E-state index in [0.717, 1.165) is 34.0 Å². The predicted molar refractivity (Wildman–Crippen MR) is 130 cm³/mol. The number of hydrogen-bond donors (Lipinski definition) is 2. The molecule has 0 unspecified atom stereocenters. The number of aromatic amines is 1. The molecule has 0 saturated carbocycles. The lowest BCUT2D eigenvalue weighted by molar-refractivity contribution is -0.113. The van der Waals surface area contributed by atoms with Gasteiger partial charge in [0.1, 0.15) is 16.3 Å². The van der Waals surface area contributed by atoms with E-state index in [2.05, 4.69) is 25.5 Å². The van der Waals surface area contributed by atoms with Crippen molar-refractivity contribution >= 4 is 67.8 Å². The summed E-state index contributed by atoms with van der Waals surface area (Å²) in [6.07, 6.45) is 0. The number of Topliss-reactive ketones (excluding diaryl/α,β-unsaturated/α-hetero) is 1. The van der Waals surface area contributed by atoms with Gasteiger partial charge in [0.05, 0.1) is 29.9 Å². The molecule has 0 aliphatic carbocycles. The van der Waals surface area contributed by atoms with Gasteiger partial charge in [-0.2, -0.15) is 0 Å². The summed E-state index contributed by atoms with van der Waals surface area (Å²) in [6.45, 7) is 4.94. The van der Waals surface area contributed by atoms with Gasteiger partial charge in [-0.15, -0.1) is 21.5 Å². The fourth-order valence-corrected chi connectivity index (χ4v) is 5.10. The number of carbonyl (C=O) groups is 3. The Kier molecular flexibility index (Phi) is 6.80. The molecule has 0 fully saturated rings. The minimum atomic E-state index is -0.583. The Morgan fingerprint density at radius 1 is 1.24 bits per heavy atom. The molecule has 0 aliphatic rings. The molecule has 3 heterocycles. The average Bonchev–Trinajstić information content (AvgIpc) is 3.34. The first-order chi connectivity index (χ1) is 16.3. The van der Waals surface area contributed by atoms with E-state index in [4.69, 9.17) is 9.47 Å². The van der Waals surface area contributed by atoms with Gasteiger partial charge in [0.2, 0.25) is 11.1 Å². The standard InChI is InChI=1S/C22H21N5O5S2/c1-5-32-21(30)16-10(2)18(11(3)28)34-20(16)24-15(29)9-33-22-25-19-17(26-27-22)13-8-12(31-4)6-7-14(13)23-19/h6-8H,5,9H2,1-4H3,(H,24,29)(H,23,25,27). The highest BCUT2D eigenvalue weighted by Gasteiger charge is 2.25. The lowest BCUT2D eigenvalue weighted by Gasteiger charge is -2.06. The third-order valence-electron chi connectivity index (χ3n) is 4.93. The van der Waals surface area contributed by atoms with Gasteiger partial charge >= 0.3 is 5.97 Å². The Labute approximate surface area is 202 Å². The fourth-order valence-electron chi connectivity index (χ4n) is 3.40. The number of thioether (sulfide) groups is 1. The van der Waals surface area contributed by atoms with Crippen molar-refractivity contribution in [2.75, 3.05) is 24.8 Å². The lowest BCUT2D eigenvalue weighted by atomic mass is 10.1. The molecule has 176 valence electrons. The quantitative estimate of drug-likeness (QED) is 0.209. The van der Waals surface area contributed by atoms with Crippen molar-refractivity contribution in [1.82, 2.24) is 20.2 Å². The highest BCUT2D eigenvalue weighted by atomic mass is 32.2. The van der Waals surface area contributed by atoms with Gasteiger partial charge < -0.3 is 19.8 Å². The van der Waals surface area contributed by atoms with Crippen LogP contribution in [0, 0.1) is 6.92 Å². The summed E-state index contributed by atoms with van der Waals surface area (Å²) in [5.74, 6) is -0.469. The second-order valence-corrected chi connectivity index (χ2v) is 9.17. The van der Waals surface area contributed by atoms with Crippen LogP contribution < -0.4 is 10.1 Å². The number of ether oxygens (including phenoxy) is 2. The summed E-state index contributed by atoms with van der Waals surface area (Å²) in [5, 5.41) is 12.5. The number of esters is 1. The number of amides is 1. The topological polar surface area (TPSA) is 136 Å². The number of nitrogens with one attached hydrogen (secondary N) is 2. The van der Waals surface area contributed by atoms with Gasteiger partial charge in [0.15, 0.2) is 11.4 Å². The van der Waals surface area contributed by atoms with Crippen LogP contribution in [0.2, 0.25) is 0 Å². The van der Waals surface area contributed by atoms with Crippen LogP contribution in [0.15, 0.2) is 23.4 Å². The Morgan fingerprint density at radius 3 is 2.74 bits per heavy atom. The molecule has 4 rings (SSSR count). The van der Waals surface area contributed by atoms with Crippen LogP contribution in [0.1, 0.15) is 39.4 Å². The summed E-state index contributed by atoms with van der Waals surface area (Å²) in [7, 11) is 1.59. The molecule has 3 aromatic heterocycles. The first kappa shape index (κ1) is 23.6. The molecule has 1 amide bonds. The molecule has 34 heavy (non-hydrogen) atoms. The van der Waals surface area contributed by atoms with Crippen molar-refractivity contribution in [3.8, 4) is 5.75 Å². The molecular weight excluding hydrogens is 478 g/mol. The first-order valence-corrected chi connectivity index (χ1v) is 12.1. The van der Waals surface area contributed by atoms with Crippen LogP contribution in [0.3, 0.4) is 0 Å². The first-order valence-electron chi connectivity index (χ1n) is 10.3. The zero-order valence-corrected chi connectivity index (χ0v) is 20.5. The van der Waals surface area contributed by atoms with E-state index in [9.17, 15) is 14.4 Å². The molecular formula is C22H21N5O5S2. The number of H-pyrrole nitrogens is 1. The molecule has 2 N–H and O–H groups in total. The normalized spacial score (nSPS) is 11.1. The number of methoxy groups -OCH3 is 1. The fraction of sp³-hybridized carbons (Fsp3) is 0.273. The van der Waals surface area contributed by atoms with E-state index in [1.165, 1.54) is 6.92 Å². The number of aromatic nitrogens is 4. The second-order valence-electron chi connectivity index (χ2n) is 7.20. The average molecular weight is 500 g/mol. The monoisotopic (exact) mass is 499 g/mol. The molecule has 10 nitrogen and oxygen atoms in total. The van der Waals surface area contributed by atoms with Gasteiger partial charge in [-0.25, -0.2) is 9.78 Å². The van der Waals surface area contributed by atoms with Crippen LogP contribution in [0.4, 0.5) is 5.00 Å². The van der Waals surface area contributed by atoms with Crippen LogP contribution in [0.5, 0.6) is 5.75 Å². The zero-order valence-electron chi connectivity index (χ0n) is 18.8. The number of benzene rings is 1. The van der Waals surface area contributed by atoms with Crippen molar-refractivity contribution in [3.63, 3.8) is 0 Å². The molecule has 0 bridgehead atoms. The van der Waals surface area contributed by atoms with E-state index >= 15 is 0 Å². The molecule has 0 spiro atoms. The van der Waals surface area contributed by atoms with E-state index in [0.29, 0.717) is 32.5 Å². The number of carbonyl (C=O) groups excluding carboxylic acids is 3. The minimum Gasteiger partial charge on any atom is -0.497 e. The van der Waals surface area contributed by atoms with Crippen molar-refractivity contribution in [3.05, 3.63) is 34.2 Å². The third kappa shape index (κ3) is 4.59. The van der Waals surface area contributed by atoms with Gasteiger partial charge in [-0.3, -0.25) is 9.59 Å². The number of thiophene rings is 1. The molecule has 12 heteroatoms. The number of ketones is 1. The van der Waals surface area contributed by atoms with Gasteiger partial charge in [-0.05, 0) is 44.5 Å². The highest BCUT2D eigenvalue weighted by Crippen LogP contribution is 2.34. The SMILES string of the molecule is CCOC(=O)c1c(NC(=O)CSc2nnc3c(n2)[nH]c2ccc(OC)cc23)sc(C(C)=O)c1C. The maximum atomic E-state index is 12.6. The molecule has 1 aromatic carbocycles. The van der Waals surface area contributed by atoms with E-state index < -0.39 is 5.97 Å². The Bertz CT molecular complexity index is 1430. The van der Waals surface area contributed by atoms with Gasteiger partial charge in [-0.1, -0.05) is 11.8 Å². The van der Waals surface area contributed by atoms with E-state index in [1.54, 1.807) is 21.0 Å². The largest absolute Gasteiger partial charge is 0.497 e. The Morgan fingerprint density at radius 2 is 2.03 bits per heavy atom. The summed E-state index contributed by atoms with van der Waals surface area (Å²) >= 11 is 2.16. The third-order valence-corrected chi connectivity index (χ3v) is 7.08. The number of anilines is 1. The smallest absolute Gasteiger partial charge is 0.341 e. The predicted octanol–water partition coefficient (Wildman–Crippen LogP) is 3.99. The van der Waals surface area contributed by atoms with E-state index in [1.807, 2.05) is 18.2 Å². The number of rotatable bonds is 8. The Hall–Kier alpha value is -3.51. The van der Waals surface area contributed by atoms with Crippen LogP contribution in [-0.4, -0.2) is 57.3 Å². The van der Waals surface area contributed by atoms with Crippen LogP contribution in [-0.2, 0) is 9.53 Å².